The average Bonchev–Trinajstić information content (AvgIpc) is 2.52. The van der Waals surface area contributed by atoms with Gasteiger partial charge in [0.2, 0.25) is 0 Å². The number of carboxylic acid groups (broad SMARTS) is 2. The molecule has 0 saturated heterocycles. The van der Waals surface area contributed by atoms with Gasteiger partial charge < -0.3 is 10.2 Å². The number of carbonyl (C=O) groups is 2. The minimum absolute atomic E-state index is 0.0827. The Morgan fingerprint density at radius 3 is 1.77 bits per heavy atom. The van der Waals surface area contributed by atoms with Gasteiger partial charge in [0.05, 0.1) is 12.3 Å². The summed E-state index contributed by atoms with van der Waals surface area (Å²) in [6.07, 6.45) is 0.177. The fraction of sp³-hybridized carbons (Fsp3) is 0.222. The highest BCUT2D eigenvalue weighted by Gasteiger charge is 2.26. The number of carboxylic acids is 2. The number of aliphatic carboxylic acids is 2. The smallest absolute Gasteiger partial charge is 0.310 e. The van der Waals surface area contributed by atoms with E-state index in [0.29, 0.717) is 5.56 Å². The second-order valence-electron chi connectivity index (χ2n) is 5.24. The van der Waals surface area contributed by atoms with Crippen LogP contribution >= 0.6 is 0 Å². The first kappa shape index (κ1) is 15.8. The van der Waals surface area contributed by atoms with Crippen molar-refractivity contribution in [1.29, 1.82) is 0 Å². The van der Waals surface area contributed by atoms with Crippen molar-refractivity contribution in [3.63, 3.8) is 0 Å². The maximum absolute atomic E-state index is 11.6. The van der Waals surface area contributed by atoms with Crippen LogP contribution in [0.2, 0.25) is 0 Å². The summed E-state index contributed by atoms with van der Waals surface area (Å²) in [7, 11) is 0. The fourth-order valence-corrected chi connectivity index (χ4v) is 2.62. The number of hydrogen-bond donors (Lipinski definition) is 2. The Kier molecular flexibility index (Phi) is 5.31. The molecule has 2 rings (SSSR count). The van der Waals surface area contributed by atoms with Crippen LogP contribution in [0.15, 0.2) is 60.7 Å². The summed E-state index contributed by atoms with van der Waals surface area (Å²) >= 11 is 0. The van der Waals surface area contributed by atoms with E-state index in [0.717, 1.165) is 5.56 Å². The topological polar surface area (TPSA) is 74.6 Å². The van der Waals surface area contributed by atoms with E-state index in [1.54, 1.807) is 24.3 Å². The van der Waals surface area contributed by atoms with Gasteiger partial charge in [0.15, 0.2) is 0 Å². The molecule has 0 amide bonds. The van der Waals surface area contributed by atoms with Gasteiger partial charge in [0.1, 0.15) is 0 Å². The van der Waals surface area contributed by atoms with Crippen molar-refractivity contribution in [3.05, 3.63) is 71.8 Å². The Morgan fingerprint density at radius 2 is 1.32 bits per heavy atom. The molecule has 0 aliphatic carbocycles. The predicted molar refractivity (Wildman–Crippen MR) is 82.9 cm³/mol. The minimum Gasteiger partial charge on any atom is -0.481 e. The monoisotopic (exact) mass is 298 g/mol. The first-order chi connectivity index (χ1) is 10.6. The molecule has 0 saturated carbocycles. The molecule has 2 atom stereocenters. The summed E-state index contributed by atoms with van der Waals surface area (Å²) in [4.78, 5) is 22.7. The van der Waals surface area contributed by atoms with Crippen molar-refractivity contribution in [1.82, 2.24) is 0 Å². The fourth-order valence-electron chi connectivity index (χ4n) is 2.62. The van der Waals surface area contributed by atoms with Gasteiger partial charge in [-0.1, -0.05) is 60.7 Å². The molecule has 4 heteroatoms. The van der Waals surface area contributed by atoms with Gasteiger partial charge in [0.25, 0.3) is 0 Å². The van der Waals surface area contributed by atoms with Crippen LogP contribution < -0.4 is 0 Å². The first-order valence-corrected chi connectivity index (χ1v) is 7.12. The summed E-state index contributed by atoms with van der Waals surface area (Å²) < 4.78 is 0. The first-order valence-electron chi connectivity index (χ1n) is 7.12. The maximum Gasteiger partial charge on any atom is 0.310 e. The Hall–Kier alpha value is -2.62. The zero-order valence-corrected chi connectivity index (χ0v) is 12.1. The predicted octanol–water partition coefficient (Wildman–Crippen LogP) is 3.50. The molecule has 0 aliphatic rings. The van der Waals surface area contributed by atoms with Gasteiger partial charge in [-0.15, -0.1) is 0 Å². The molecular weight excluding hydrogens is 280 g/mol. The normalized spacial score (nSPS) is 13.3. The van der Waals surface area contributed by atoms with Crippen LogP contribution in [0.25, 0.3) is 0 Å². The van der Waals surface area contributed by atoms with Crippen LogP contribution in [-0.2, 0) is 9.59 Å². The van der Waals surface area contributed by atoms with Gasteiger partial charge in [-0.2, -0.15) is 0 Å². The number of benzene rings is 2. The molecule has 2 aromatic rings. The third-order valence-electron chi connectivity index (χ3n) is 3.71. The summed E-state index contributed by atoms with van der Waals surface area (Å²) in [5.41, 5.74) is 1.55. The van der Waals surface area contributed by atoms with E-state index in [1.165, 1.54) is 0 Å². The quantitative estimate of drug-likeness (QED) is 0.820. The van der Waals surface area contributed by atoms with Gasteiger partial charge in [-0.25, -0.2) is 0 Å². The molecule has 0 aliphatic heterocycles. The van der Waals surface area contributed by atoms with E-state index in [4.69, 9.17) is 5.11 Å². The minimum atomic E-state index is -0.933. The molecule has 0 aromatic heterocycles. The second kappa shape index (κ2) is 7.41. The van der Waals surface area contributed by atoms with Crippen molar-refractivity contribution in [2.75, 3.05) is 0 Å². The van der Waals surface area contributed by atoms with Crippen LogP contribution in [0.5, 0.6) is 0 Å². The molecule has 4 nitrogen and oxygen atoms in total. The molecule has 2 unspecified atom stereocenters. The van der Waals surface area contributed by atoms with Crippen LogP contribution in [0.3, 0.4) is 0 Å². The second-order valence-corrected chi connectivity index (χ2v) is 5.24. The third kappa shape index (κ3) is 4.19. The maximum atomic E-state index is 11.6. The highest BCUT2D eigenvalue weighted by atomic mass is 16.4. The molecule has 0 fully saturated rings. The molecular formula is C18H18O4. The molecule has 2 aromatic carbocycles. The molecule has 2 N–H and O–H groups in total. The number of rotatable bonds is 7. The highest BCUT2D eigenvalue weighted by Crippen LogP contribution is 2.32. The van der Waals surface area contributed by atoms with Crippen LogP contribution in [0.1, 0.15) is 35.8 Å². The summed E-state index contributed by atoms with van der Waals surface area (Å²) in [6, 6.07) is 18.2. The van der Waals surface area contributed by atoms with E-state index in [1.807, 2.05) is 36.4 Å². The van der Waals surface area contributed by atoms with Gasteiger partial charge in [-0.3, -0.25) is 9.59 Å². The van der Waals surface area contributed by atoms with Gasteiger partial charge in [0, 0.05) is 0 Å². The Labute approximate surface area is 129 Å². The van der Waals surface area contributed by atoms with Gasteiger partial charge in [-0.05, 0) is 23.5 Å². The van der Waals surface area contributed by atoms with Crippen molar-refractivity contribution in [2.24, 2.45) is 0 Å². The lowest BCUT2D eigenvalue weighted by molar-refractivity contribution is -0.141. The SMILES string of the molecule is O=C(O)CC(CC(C(=O)O)c1ccccc1)c1ccccc1. The summed E-state index contributed by atoms with van der Waals surface area (Å²) in [5.74, 6) is -2.91. The van der Waals surface area contributed by atoms with E-state index in [9.17, 15) is 14.7 Å². The van der Waals surface area contributed by atoms with E-state index >= 15 is 0 Å². The van der Waals surface area contributed by atoms with Crippen LogP contribution in [0, 0.1) is 0 Å². The Balaban J connectivity index is 2.27. The standard InChI is InChI=1S/C18H18O4/c19-17(20)12-15(13-7-3-1-4-8-13)11-16(18(21)22)14-9-5-2-6-10-14/h1-10,15-16H,11-12H2,(H,19,20)(H,21,22). The van der Waals surface area contributed by atoms with E-state index < -0.39 is 17.9 Å². The zero-order chi connectivity index (χ0) is 15.9. The third-order valence-corrected chi connectivity index (χ3v) is 3.71. The molecule has 0 spiro atoms. The molecule has 114 valence electrons. The molecule has 22 heavy (non-hydrogen) atoms. The van der Waals surface area contributed by atoms with Crippen molar-refractivity contribution >= 4 is 11.9 Å². The molecule has 0 heterocycles. The van der Waals surface area contributed by atoms with Crippen molar-refractivity contribution in [3.8, 4) is 0 Å². The largest absolute Gasteiger partial charge is 0.481 e. The average molecular weight is 298 g/mol. The lowest BCUT2D eigenvalue weighted by Crippen LogP contribution is -2.17. The van der Waals surface area contributed by atoms with Crippen LogP contribution in [0.4, 0.5) is 0 Å². The van der Waals surface area contributed by atoms with Gasteiger partial charge >= 0.3 is 11.9 Å². The van der Waals surface area contributed by atoms with Crippen LogP contribution in [-0.4, -0.2) is 22.2 Å². The van der Waals surface area contributed by atoms with E-state index in [2.05, 4.69) is 0 Å². The molecule has 0 bridgehead atoms. The summed E-state index contributed by atoms with van der Waals surface area (Å²) in [6.45, 7) is 0. The Bertz CT molecular complexity index is 622. The number of hydrogen-bond acceptors (Lipinski definition) is 2. The summed E-state index contributed by atoms with van der Waals surface area (Å²) in [5, 5.41) is 18.6. The van der Waals surface area contributed by atoms with E-state index in [-0.39, 0.29) is 18.8 Å². The van der Waals surface area contributed by atoms with Crippen molar-refractivity contribution < 1.29 is 19.8 Å². The van der Waals surface area contributed by atoms with Crippen molar-refractivity contribution in [2.45, 2.75) is 24.7 Å². The zero-order valence-electron chi connectivity index (χ0n) is 12.1. The highest BCUT2D eigenvalue weighted by molar-refractivity contribution is 5.76. The Morgan fingerprint density at radius 1 is 0.818 bits per heavy atom. The molecule has 0 radical (unpaired) electrons. The lowest BCUT2D eigenvalue weighted by atomic mass is 9.83. The lowest BCUT2D eigenvalue weighted by Gasteiger charge is -2.20.